The summed E-state index contributed by atoms with van der Waals surface area (Å²) in [6, 6.07) is 28.3. The van der Waals surface area contributed by atoms with Crippen LogP contribution in [0.15, 0.2) is 91.0 Å². The van der Waals surface area contributed by atoms with Crippen molar-refractivity contribution >= 4 is 18.2 Å². The third kappa shape index (κ3) is 15.7. The van der Waals surface area contributed by atoms with Crippen LogP contribution >= 0.6 is 0 Å². The number of rotatable bonds is 20. The zero-order chi connectivity index (χ0) is 32.0. The lowest BCUT2D eigenvalue weighted by molar-refractivity contribution is -0.140. The van der Waals surface area contributed by atoms with Crippen LogP contribution in [0.25, 0.3) is 0 Å². The van der Waals surface area contributed by atoms with Crippen molar-refractivity contribution in [2.75, 3.05) is 46.6 Å². The molecule has 0 saturated carbocycles. The van der Waals surface area contributed by atoms with Crippen molar-refractivity contribution in [3.8, 4) is 0 Å². The molecule has 242 valence electrons. The standard InChI is InChI=1S/C34H44N4O7/c1-42-32(39)18-17-31(37-34(41)45-26-30-15-9-4-10-16-30)23-38(21-19-35-27-43-24-28-11-5-2-6-12-28)22-20-36-33(40)44-25-29-13-7-3-8-14-29/h2-16,31,35H,17-27H2,1H3,(H,36,40)(H,37,41). The van der Waals surface area contributed by atoms with E-state index in [2.05, 4.69) is 20.9 Å². The van der Waals surface area contributed by atoms with Gasteiger partial charge in [-0.25, -0.2) is 9.59 Å². The van der Waals surface area contributed by atoms with Gasteiger partial charge in [-0.1, -0.05) is 91.0 Å². The molecule has 0 radical (unpaired) electrons. The number of esters is 1. The van der Waals surface area contributed by atoms with E-state index in [4.69, 9.17) is 18.9 Å². The van der Waals surface area contributed by atoms with Gasteiger partial charge < -0.3 is 29.6 Å². The molecule has 3 aromatic carbocycles. The fourth-order valence-corrected chi connectivity index (χ4v) is 4.36. The number of amides is 2. The fourth-order valence-electron chi connectivity index (χ4n) is 4.36. The van der Waals surface area contributed by atoms with Crippen LogP contribution < -0.4 is 16.0 Å². The van der Waals surface area contributed by atoms with Gasteiger partial charge in [0.1, 0.15) is 13.2 Å². The molecular weight excluding hydrogens is 576 g/mol. The first-order chi connectivity index (χ1) is 22.0. The molecule has 1 atom stereocenters. The Hall–Kier alpha value is -4.45. The molecule has 0 bridgehead atoms. The van der Waals surface area contributed by atoms with Crippen molar-refractivity contribution in [3.63, 3.8) is 0 Å². The summed E-state index contributed by atoms with van der Waals surface area (Å²) >= 11 is 0. The van der Waals surface area contributed by atoms with Crippen molar-refractivity contribution in [1.29, 1.82) is 0 Å². The highest BCUT2D eigenvalue weighted by molar-refractivity contribution is 5.70. The molecule has 45 heavy (non-hydrogen) atoms. The Morgan fingerprint density at radius 1 is 0.711 bits per heavy atom. The van der Waals surface area contributed by atoms with Crippen LogP contribution in [0.1, 0.15) is 29.5 Å². The minimum Gasteiger partial charge on any atom is -0.469 e. The molecule has 3 N–H and O–H groups in total. The molecule has 0 saturated heterocycles. The molecule has 2 amide bonds. The van der Waals surface area contributed by atoms with Crippen molar-refractivity contribution in [3.05, 3.63) is 108 Å². The van der Waals surface area contributed by atoms with E-state index in [1.165, 1.54) is 7.11 Å². The zero-order valence-corrected chi connectivity index (χ0v) is 25.8. The van der Waals surface area contributed by atoms with E-state index in [0.29, 0.717) is 52.5 Å². The van der Waals surface area contributed by atoms with E-state index in [-0.39, 0.29) is 25.6 Å². The van der Waals surface area contributed by atoms with Crippen LogP contribution in [0.5, 0.6) is 0 Å². The number of nitrogens with zero attached hydrogens (tertiary/aromatic N) is 1. The largest absolute Gasteiger partial charge is 0.469 e. The third-order valence-corrected chi connectivity index (χ3v) is 6.77. The normalized spacial score (nSPS) is 11.4. The number of carbonyl (C=O) groups is 3. The Balaban J connectivity index is 1.52. The summed E-state index contributed by atoms with van der Waals surface area (Å²) in [6.45, 7) is 3.55. The maximum Gasteiger partial charge on any atom is 0.407 e. The SMILES string of the molecule is COC(=O)CCC(CN(CCNCOCc1ccccc1)CCNC(=O)OCc1ccccc1)NC(=O)OCc1ccccc1. The summed E-state index contributed by atoms with van der Waals surface area (Å²) in [5.74, 6) is -0.369. The number of benzene rings is 3. The molecule has 0 aliphatic carbocycles. The number of ether oxygens (including phenoxy) is 4. The van der Waals surface area contributed by atoms with Gasteiger partial charge in [0, 0.05) is 45.2 Å². The Kier molecular flexibility index (Phi) is 16.6. The molecule has 3 rings (SSSR count). The summed E-state index contributed by atoms with van der Waals surface area (Å²) < 4.78 is 21.3. The Morgan fingerprint density at radius 2 is 1.24 bits per heavy atom. The van der Waals surface area contributed by atoms with Gasteiger partial charge in [-0.15, -0.1) is 0 Å². The molecule has 0 aliphatic rings. The van der Waals surface area contributed by atoms with E-state index < -0.39 is 18.2 Å². The van der Waals surface area contributed by atoms with Crippen LogP contribution in [-0.2, 0) is 43.6 Å². The van der Waals surface area contributed by atoms with Gasteiger partial charge in [-0.3, -0.25) is 15.0 Å². The van der Waals surface area contributed by atoms with Gasteiger partial charge in [-0.2, -0.15) is 0 Å². The number of carbonyl (C=O) groups excluding carboxylic acids is 3. The van der Waals surface area contributed by atoms with E-state index in [0.717, 1.165) is 16.7 Å². The van der Waals surface area contributed by atoms with Crippen LogP contribution in [0.2, 0.25) is 0 Å². The maximum atomic E-state index is 12.7. The molecule has 0 heterocycles. The summed E-state index contributed by atoms with van der Waals surface area (Å²) in [7, 11) is 1.33. The molecule has 3 aromatic rings. The second-order valence-corrected chi connectivity index (χ2v) is 10.3. The first-order valence-electron chi connectivity index (χ1n) is 15.0. The van der Waals surface area contributed by atoms with Gasteiger partial charge in [0.05, 0.1) is 20.4 Å². The fraction of sp³-hybridized carbons (Fsp3) is 0.382. The molecule has 11 nitrogen and oxygen atoms in total. The van der Waals surface area contributed by atoms with Crippen LogP contribution in [0.4, 0.5) is 9.59 Å². The Morgan fingerprint density at radius 3 is 1.82 bits per heavy atom. The highest BCUT2D eigenvalue weighted by Crippen LogP contribution is 2.06. The van der Waals surface area contributed by atoms with Gasteiger partial charge >= 0.3 is 18.2 Å². The summed E-state index contributed by atoms with van der Waals surface area (Å²) in [5, 5.41) is 8.96. The monoisotopic (exact) mass is 620 g/mol. The first-order valence-corrected chi connectivity index (χ1v) is 15.0. The second-order valence-electron chi connectivity index (χ2n) is 10.3. The highest BCUT2D eigenvalue weighted by atomic mass is 16.6. The lowest BCUT2D eigenvalue weighted by atomic mass is 10.1. The average Bonchev–Trinajstić information content (AvgIpc) is 3.07. The summed E-state index contributed by atoms with van der Waals surface area (Å²) in [6.07, 6.45) is -0.618. The van der Waals surface area contributed by atoms with E-state index in [9.17, 15) is 14.4 Å². The minimum absolute atomic E-state index is 0.127. The Labute approximate surface area is 265 Å². The maximum absolute atomic E-state index is 12.7. The third-order valence-electron chi connectivity index (χ3n) is 6.77. The smallest absolute Gasteiger partial charge is 0.407 e. The molecule has 0 aliphatic heterocycles. The van der Waals surface area contributed by atoms with Crippen molar-refractivity contribution < 1.29 is 33.3 Å². The molecule has 0 fully saturated rings. The minimum atomic E-state index is -0.580. The van der Waals surface area contributed by atoms with Crippen LogP contribution in [0, 0.1) is 0 Å². The predicted octanol–water partition coefficient (Wildman–Crippen LogP) is 4.23. The van der Waals surface area contributed by atoms with Gasteiger partial charge in [-0.05, 0) is 23.1 Å². The molecule has 1 unspecified atom stereocenters. The number of alkyl carbamates (subject to hydrolysis) is 2. The number of nitrogens with one attached hydrogen (secondary N) is 3. The van der Waals surface area contributed by atoms with Crippen molar-refractivity contribution in [1.82, 2.24) is 20.9 Å². The van der Waals surface area contributed by atoms with Crippen LogP contribution in [-0.4, -0.2) is 75.7 Å². The first kappa shape index (κ1) is 35.0. The summed E-state index contributed by atoms with van der Waals surface area (Å²) in [5.41, 5.74) is 2.85. The van der Waals surface area contributed by atoms with E-state index >= 15 is 0 Å². The quantitative estimate of drug-likeness (QED) is 0.0736. The van der Waals surface area contributed by atoms with Crippen molar-refractivity contribution in [2.45, 2.75) is 38.7 Å². The number of methoxy groups -OCH3 is 1. The number of hydrogen-bond acceptors (Lipinski definition) is 9. The van der Waals surface area contributed by atoms with Crippen molar-refractivity contribution in [2.24, 2.45) is 0 Å². The molecule has 0 aromatic heterocycles. The van der Waals surface area contributed by atoms with Crippen LogP contribution in [0.3, 0.4) is 0 Å². The molecular formula is C34H44N4O7. The zero-order valence-electron chi connectivity index (χ0n) is 25.8. The molecule has 0 spiro atoms. The number of hydrogen-bond donors (Lipinski definition) is 3. The molecule has 11 heteroatoms. The average molecular weight is 621 g/mol. The van der Waals surface area contributed by atoms with Gasteiger partial charge in [0.15, 0.2) is 0 Å². The van der Waals surface area contributed by atoms with E-state index in [1.54, 1.807) is 0 Å². The predicted molar refractivity (Wildman–Crippen MR) is 170 cm³/mol. The second kappa shape index (κ2) is 21.3. The Bertz CT molecular complexity index is 1250. The van der Waals surface area contributed by atoms with E-state index in [1.807, 2.05) is 91.0 Å². The topological polar surface area (TPSA) is 127 Å². The van der Waals surface area contributed by atoms with Gasteiger partial charge in [0.2, 0.25) is 0 Å². The lowest BCUT2D eigenvalue weighted by Crippen LogP contribution is -2.47. The summed E-state index contributed by atoms with van der Waals surface area (Å²) in [4.78, 5) is 39.0. The highest BCUT2D eigenvalue weighted by Gasteiger charge is 2.19. The van der Waals surface area contributed by atoms with Gasteiger partial charge in [0.25, 0.3) is 0 Å². The lowest BCUT2D eigenvalue weighted by Gasteiger charge is -2.28.